The number of hydrogen-bond donors (Lipinski definition) is 2. The molecule has 1 amide bonds. The SMILES string of the molecule is Cc1cc(NC(=O)CCNC(C)(C)C)cc(C)c1Br. The van der Waals surface area contributed by atoms with Crippen LogP contribution in [0.2, 0.25) is 0 Å². The number of halogens is 1. The van der Waals surface area contributed by atoms with Gasteiger partial charge < -0.3 is 10.6 Å². The Morgan fingerprint density at radius 2 is 1.74 bits per heavy atom. The molecule has 0 heterocycles. The molecular weight excluding hydrogens is 304 g/mol. The van der Waals surface area contributed by atoms with Gasteiger partial charge in [0.05, 0.1) is 0 Å². The first-order valence-electron chi connectivity index (χ1n) is 6.50. The van der Waals surface area contributed by atoms with Crippen LogP contribution in [0.25, 0.3) is 0 Å². The molecule has 0 aliphatic carbocycles. The van der Waals surface area contributed by atoms with E-state index in [1.54, 1.807) is 0 Å². The summed E-state index contributed by atoms with van der Waals surface area (Å²) in [5.41, 5.74) is 3.16. The van der Waals surface area contributed by atoms with Crippen LogP contribution in [0.4, 0.5) is 5.69 Å². The summed E-state index contributed by atoms with van der Waals surface area (Å²) in [5.74, 6) is 0.0397. The van der Waals surface area contributed by atoms with Gasteiger partial charge in [0.25, 0.3) is 0 Å². The molecule has 3 nitrogen and oxygen atoms in total. The molecule has 0 bridgehead atoms. The zero-order chi connectivity index (χ0) is 14.6. The van der Waals surface area contributed by atoms with Crippen LogP contribution in [0.3, 0.4) is 0 Å². The Balaban J connectivity index is 2.53. The third-order valence-corrected chi connectivity index (χ3v) is 3.98. The summed E-state index contributed by atoms with van der Waals surface area (Å²) < 4.78 is 1.10. The fourth-order valence-corrected chi connectivity index (χ4v) is 2.02. The van der Waals surface area contributed by atoms with Crippen molar-refractivity contribution < 1.29 is 4.79 Å². The predicted octanol–water partition coefficient (Wildman–Crippen LogP) is 3.78. The van der Waals surface area contributed by atoms with Gasteiger partial charge in [-0.05, 0) is 57.9 Å². The van der Waals surface area contributed by atoms with E-state index in [4.69, 9.17) is 0 Å². The third kappa shape index (κ3) is 5.74. The Hall–Kier alpha value is -0.870. The molecule has 4 heteroatoms. The Labute approximate surface area is 124 Å². The second-order valence-corrected chi connectivity index (χ2v) is 6.69. The number of hydrogen-bond acceptors (Lipinski definition) is 2. The minimum atomic E-state index is 0.0397. The van der Waals surface area contributed by atoms with Crippen molar-refractivity contribution in [3.05, 3.63) is 27.7 Å². The van der Waals surface area contributed by atoms with Crippen molar-refractivity contribution in [1.82, 2.24) is 5.32 Å². The lowest BCUT2D eigenvalue weighted by Gasteiger charge is -2.20. The molecule has 0 spiro atoms. The van der Waals surface area contributed by atoms with Crippen molar-refractivity contribution in [2.45, 2.75) is 46.6 Å². The molecule has 19 heavy (non-hydrogen) atoms. The van der Waals surface area contributed by atoms with E-state index in [9.17, 15) is 4.79 Å². The van der Waals surface area contributed by atoms with Gasteiger partial charge in [-0.25, -0.2) is 0 Å². The molecule has 0 aliphatic rings. The van der Waals surface area contributed by atoms with Crippen LogP contribution in [0.15, 0.2) is 16.6 Å². The molecule has 0 fully saturated rings. The summed E-state index contributed by atoms with van der Waals surface area (Å²) in [6.07, 6.45) is 0.478. The number of nitrogens with one attached hydrogen (secondary N) is 2. The monoisotopic (exact) mass is 326 g/mol. The van der Waals surface area contributed by atoms with Crippen LogP contribution in [-0.4, -0.2) is 18.0 Å². The van der Waals surface area contributed by atoms with E-state index in [2.05, 4.69) is 47.3 Å². The minimum Gasteiger partial charge on any atom is -0.326 e. The lowest BCUT2D eigenvalue weighted by atomic mass is 10.1. The Morgan fingerprint density at radius 3 is 2.21 bits per heavy atom. The maximum atomic E-state index is 11.8. The maximum absolute atomic E-state index is 11.8. The van der Waals surface area contributed by atoms with Gasteiger partial charge in [0.1, 0.15) is 0 Å². The maximum Gasteiger partial charge on any atom is 0.225 e. The molecule has 1 rings (SSSR count). The summed E-state index contributed by atoms with van der Waals surface area (Å²) in [6, 6.07) is 3.96. The van der Waals surface area contributed by atoms with Gasteiger partial charge in [-0.1, -0.05) is 15.9 Å². The number of amides is 1. The zero-order valence-corrected chi connectivity index (χ0v) is 13.9. The minimum absolute atomic E-state index is 0.0397. The second-order valence-electron chi connectivity index (χ2n) is 5.90. The third-order valence-electron chi connectivity index (χ3n) is 2.73. The molecule has 0 atom stereocenters. The molecule has 0 radical (unpaired) electrons. The van der Waals surface area contributed by atoms with Gasteiger partial charge >= 0.3 is 0 Å². The molecule has 0 aliphatic heterocycles. The van der Waals surface area contributed by atoms with E-state index in [-0.39, 0.29) is 11.4 Å². The van der Waals surface area contributed by atoms with Gasteiger partial charge in [0, 0.05) is 28.7 Å². The van der Waals surface area contributed by atoms with E-state index in [0.717, 1.165) is 21.3 Å². The molecule has 0 saturated heterocycles. The van der Waals surface area contributed by atoms with Crippen LogP contribution < -0.4 is 10.6 Å². The van der Waals surface area contributed by atoms with Crippen molar-refractivity contribution in [2.75, 3.05) is 11.9 Å². The fraction of sp³-hybridized carbons (Fsp3) is 0.533. The highest BCUT2D eigenvalue weighted by Crippen LogP contribution is 2.24. The van der Waals surface area contributed by atoms with E-state index >= 15 is 0 Å². The Kier molecular flexibility index (Phi) is 5.56. The largest absolute Gasteiger partial charge is 0.326 e. The van der Waals surface area contributed by atoms with Crippen molar-refractivity contribution in [3.63, 3.8) is 0 Å². The van der Waals surface area contributed by atoms with Crippen molar-refractivity contribution in [2.24, 2.45) is 0 Å². The summed E-state index contributed by atoms with van der Waals surface area (Å²) in [6.45, 7) is 11.0. The normalized spacial score (nSPS) is 11.5. The van der Waals surface area contributed by atoms with Crippen molar-refractivity contribution in [1.29, 1.82) is 0 Å². The summed E-state index contributed by atoms with van der Waals surface area (Å²) in [4.78, 5) is 11.8. The first kappa shape index (κ1) is 16.2. The average molecular weight is 327 g/mol. The van der Waals surface area contributed by atoms with E-state index < -0.39 is 0 Å². The van der Waals surface area contributed by atoms with Crippen LogP contribution >= 0.6 is 15.9 Å². The van der Waals surface area contributed by atoms with Crippen molar-refractivity contribution in [3.8, 4) is 0 Å². The molecular formula is C15H23BrN2O. The number of carbonyl (C=O) groups is 1. The molecule has 106 valence electrons. The molecule has 0 saturated carbocycles. The van der Waals surface area contributed by atoms with Gasteiger partial charge in [0.15, 0.2) is 0 Å². The van der Waals surface area contributed by atoms with Gasteiger partial charge in [-0.3, -0.25) is 4.79 Å². The predicted molar refractivity (Wildman–Crippen MR) is 84.6 cm³/mol. The Bertz CT molecular complexity index is 441. The summed E-state index contributed by atoms with van der Waals surface area (Å²) in [5, 5.41) is 6.24. The first-order valence-corrected chi connectivity index (χ1v) is 7.30. The number of anilines is 1. The van der Waals surface area contributed by atoms with Crippen LogP contribution in [0.5, 0.6) is 0 Å². The van der Waals surface area contributed by atoms with E-state index in [1.165, 1.54) is 0 Å². The standard InChI is InChI=1S/C15H23BrN2O/c1-10-8-12(9-11(2)14(10)16)18-13(19)6-7-17-15(3,4)5/h8-9,17H,6-7H2,1-5H3,(H,18,19). The van der Waals surface area contributed by atoms with Crippen LogP contribution in [0.1, 0.15) is 38.3 Å². The quantitative estimate of drug-likeness (QED) is 0.883. The van der Waals surface area contributed by atoms with E-state index in [0.29, 0.717) is 13.0 Å². The molecule has 0 aromatic heterocycles. The molecule has 0 unspecified atom stereocenters. The molecule has 1 aromatic carbocycles. The van der Waals surface area contributed by atoms with E-state index in [1.807, 2.05) is 26.0 Å². The topological polar surface area (TPSA) is 41.1 Å². The first-order chi connectivity index (χ1) is 8.69. The lowest BCUT2D eigenvalue weighted by Crippen LogP contribution is -2.37. The van der Waals surface area contributed by atoms with Crippen LogP contribution in [0, 0.1) is 13.8 Å². The lowest BCUT2D eigenvalue weighted by molar-refractivity contribution is -0.116. The number of benzene rings is 1. The second kappa shape index (κ2) is 6.53. The van der Waals surface area contributed by atoms with Gasteiger partial charge in [0.2, 0.25) is 5.91 Å². The van der Waals surface area contributed by atoms with Crippen molar-refractivity contribution >= 4 is 27.5 Å². The number of rotatable bonds is 4. The number of carbonyl (C=O) groups excluding carboxylic acids is 1. The van der Waals surface area contributed by atoms with Crippen LogP contribution in [-0.2, 0) is 4.79 Å². The van der Waals surface area contributed by atoms with Gasteiger partial charge in [-0.15, -0.1) is 0 Å². The summed E-state index contributed by atoms with van der Waals surface area (Å²) in [7, 11) is 0. The fourth-order valence-electron chi connectivity index (χ4n) is 1.79. The zero-order valence-electron chi connectivity index (χ0n) is 12.4. The highest BCUT2D eigenvalue weighted by molar-refractivity contribution is 9.10. The highest BCUT2D eigenvalue weighted by Gasteiger charge is 2.10. The number of aryl methyl sites for hydroxylation is 2. The Morgan fingerprint density at radius 1 is 1.21 bits per heavy atom. The summed E-state index contributed by atoms with van der Waals surface area (Å²) >= 11 is 3.52. The average Bonchev–Trinajstić information content (AvgIpc) is 2.23. The molecule has 2 N–H and O–H groups in total. The molecule has 1 aromatic rings. The smallest absolute Gasteiger partial charge is 0.225 e. The van der Waals surface area contributed by atoms with Gasteiger partial charge in [-0.2, -0.15) is 0 Å². The highest BCUT2D eigenvalue weighted by atomic mass is 79.9.